The summed E-state index contributed by atoms with van der Waals surface area (Å²) in [4.78, 5) is 29.6. The highest BCUT2D eigenvalue weighted by molar-refractivity contribution is 6.05. The molecule has 164 valence electrons. The van der Waals surface area contributed by atoms with Gasteiger partial charge in [-0.25, -0.2) is 4.98 Å². The summed E-state index contributed by atoms with van der Waals surface area (Å²) in [5.41, 5.74) is 4.09. The van der Waals surface area contributed by atoms with E-state index in [2.05, 4.69) is 20.2 Å². The molecule has 2 aliphatic rings. The quantitative estimate of drug-likeness (QED) is 0.634. The van der Waals surface area contributed by atoms with E-state index in [4.69, 9.17) is 4.74 Å². The third kappa shape index (κ3) is 4.29. The molecular formula is C25H26N4O3. The highest BCUT2D eigenvalue weighted by atomic mass is 16.5. The molecule has 1 aromatic heterocycles. The number of imidazole rings is 1. The number of amides is 2. The lowest BCUT2D eigenvalue weighted by Crippen LogP contribution is -2.27. The van der Waals surface area contributed by atoms with E-state index >= 15 is 0 Å². The Morgan fingerprint density at radius 2 is 1.88 bits per heavy atom. The van der Waals surface area contributed by atoms with Gasteiger partial charge in [-0.2, -0.15) is 0 Å². The van der Waals surface area contributed by atoms with Crippen molar-refractivity contribution in [2.24, 2.45) is 0 Å². The Kier molecular flexibility index (Phi) is 5.73. The highest BCUT2D eigenvalue weighted by Gasteiger charge is 2.23. The zero-order chi connectivity index (χ0) is 21.9. The number of benzene rings is 2. The molecule has 0 saturated carbocycles. The molecular weight excluding hydrogens is 404 g/mol. The van der Waals surface area contributed by atoms with Gasteiger partial charge in [0, 0.05) is 47.5 Å². The van der Waals surface area contributed by atoms with Crippen LogP contribution in [0.2, 0.25) is 0 Å². The molecule has 0 spiro atoms. The lowest BCUT2D eigenvalue weighted by atomic mass is 10.1. The molecule has 3 heterocycles. The summed E-state index contributed by atoms with van der Waals surface area (Å²) in [6.45, 7) is 1.62. The van der Waals surface area contributed by atoms with Crippen molar-refractivity contribution in [3.8, 4) is 11.4 Å². The number of ether oxygens (including phenoxy) is 1. The average molecular weight is 431 g/mol. The van der Waals surface area contributed by atoms with Crippen molar-refractivity contribution in [2.75, 3.05) is 17.2 Å². The predicted molar refractivity (Wildman–Crippen MR) is 123 cm³/mol. The minimum Gasteiger partial charge on any atom is -0.368 e. The van der Waals surface area contributed by atoms with Gasteiger partial charge in [-0.05, 0) is 74.6 Å². The van der Waals surface area contributed by atoms with Crippen LogP contribution in [0.1, 0.15) is 41.7 Å². The summed E-state index contributed by atoms with van der Waals surface area (Å²) in [5, 5.41) is 5.76. The van der Waals surface area contributed by atoms with Crippen molar-refractivity contribution in [3.05, 3.63) is 66.0 Å². The van der Waals surface area contributed by atoms with Crippen LogP contribution in [-0.2, 0) is 22.5 Å². The van der Waals surface area contributed by atoms with Gasteiger partial charge in [0.15, 0.2) is 0 Å². The lowest BCUT2D eigenvalue weighted by molar-refractivity contribution is -0.124. The molecule has 1 unspecified atom stereocenters. The average Bonchev–Trinajstić information content (AvgIpc) is 3.50. The first-order valence-corrected chi connectivity index (χ1v) is 11.2. The summed E-state index contributed by atoms with van der Waals surface area (Å²) in [6, 6.07) is 14.7. The van der Waals surface area contributed by atoms with E-state index in [9.17, 15) is 9.59 Å². The number of anilines is 2. The first-order chi connectivity index (χ1) is 15.7. The van der Waals surface area contributed by atoms with E-state index in [0.29, 0.717) is 23.5 Å². The second-order valence-electron chi connectivity index (χ2n) is 8.29. The van der Waals surface area contributed by atoms with Gasteiger partial charge in [0.05, 0.1) is 0 Å². The third-order valence-corrected chi connectivity index (χ3v) is 6.02. The number of hydrogen-bond donors (Lipinski definition) is 2. The number of nitrogens with zero attached hydrogens (tertiary/aromatic N) is 2. The number of carbonyl (C=O) groups excluding carboxylic acids is 2. The summed E-state index contributed by atoms with van der Waals surface area (Å²) < 4.78 is 7.70. The molecule has 0 bridgehead atoms. The molecule has 7 nitrogen and oxygen atoms in total. The molecule has 2 aliphatic heterocycles. The van der Waals surface area contributed by atoms with Crippen LogP contribution in [0, 0.1) is 0 Å². The summed E-state index contributed by atoms with van der Waals surface area (Å²) >= 11 is 0. The van der Waals surface area contributed by atoms with Gasteiger partial charge < -0.3 is 19.9 Å². The van der Waals surface area contributed by atoms with Gasteiger partial charge in [-0.3, -0.25) is 9.59 Å². The molecule has 0 radical (unpaired) electrons. The van der Waals surface area contributed by atoms with Crippen LogP contribution in [-0.4, -0.2) is 34.1 Å². The largest absolute Gasteiger partial charge is 0.368 e. The third-order valence-electron chi connectivity index (χ3n) is 6.02. The summed E-state index contributed by atoms with van der Waals surface area (Å²) in [7, 11) is 0. The van der Waals surface area contributed by atoms with Crippen molar-refractivity contribution in [1.82, 2.24) is 9.55 Å². The first-order valence-electron chi connectivity index (χ1n) is 11.2. The Labute approximate surface area is 186 Å². The van der Waals surface area contributed by atoms with Gasteiger partial charge in [0.2, 0.25) is 0 Å². The number of nitrogens with one attached hydrogen (secondary N) is 2. The number of aryl methyl sites for hydroxylation is 1. The van der Waals surface area contributed by atoms with Crippen molar-refractivity contribution in [3.63, 3.8) is 0 Å². The molecule has 2 aromatic carbocycles. The maximum Gasteiger partial charge on any atom is 0.255 e. The fourth-order valence-electron chi connectivity index (χ4n) is 4.32. The fraction of sp³-hybridized carbons (Fsp3) is 0.320. The van der Waals surface area contributed by atoms with Crippen LogP contribution in [0.5, 0.6) is 0 Å². The molecule has 2 amide bonds. The van der Waals surface area contributed by atoms with E-state index in [0.717, 1.165) is 37.2 Å². The Morgan fingerprint density at radius 1 is 1.00 bits per heavy atom. The topological polar surface area (TPSA) is 85.3 Å². The van der Waals surface area contributed by atoms with Crippen molar-refractivity contribution in [2.45, 2.75) is 44.8 Å². The van der Waals surface area contributed by atoms with Crippen molar-refractivity contribution in [1.29, 1.82) is 0 Å². The minimum atomic E-state index is -0.410. The zero-order valence-electron chi connectivity index (χ0n) is 17.8. The van der Waals surface area contributed by atoms with E-state index in [1.807, 2.05) is 30.5 Å². The normalized spacial score (nSPS) is 17.6. The maximum absolute atomic E-state index is 12.7. The zero-order valence-corrected chi connectivity index (χ0v) is 17.8. The number of carbonyl (C=O) groups is 2. The molecule has 0 aliphatic carbocycles. The number of aromatic nitrogens is 2. The maximum atomic E-state index is 12.7. The number of rotatable bonds is 5. The van der Waals surface area contributed by atoms with Gasteiger partial charge in [0.25, 0.3) is 11.8 Å². The first kappa shape index (κ1) is 20.5. The van der Waals surface area contributed by atoms with Gasteiger partial charge in [0.1, 0.15) is 11.9 Å². The standard InChI is InChI=1S/C25H26N4O3/c30-24(18-5-3-6-20(15-18)28-25(31)22-8-4-14-32-22)27-19-11-9-17(10-12-19)23-26-16-21-7-1-2-13-29(21)23/h3,5-6,9-12,15-16,22H,1-2,4,7-8,13-14H2,(H,27,30)(H,28,31). The van der Waals surface area contributed by atoms with Crippen LogP contribution >= 0.6 is 0 Å². The Hall–Kier alpha value is -3.45. The van der Waals surface area contributed by atoms with Crippen LogP contribution < -0.4 is 10.6 Å². The molecule has 5 rings (SSSR count). The second-order valence-corrected chi connectivity index (χ2v) is 8.29. The molecule has 1 saturated heterocycles. The number of hydrogen-bond acceptors (Lipinski definition) is 4. The Balaban J connectivity index is 1.25. The van der Waals surface area contributed by atoms with Crippen LogP contribution in [0.15, 0.2) is 54.7 Å². The van der Waals surface area contributed by atoms with E-state index in [-0.39, 0.29) is 11.8 Å². The van der Waals surface area contributed by atoms with Gasteiger partial charge in [-0.1, -0.05) is 6.07 Å². The Morgan fingerprint density at radius 3 is 2.69 bits per heavy atom. The second kappa shape index (κ2) is 8.96. The van der Waals surface area contributed by atoms with E-state index < -0.39 is 6.10 Å². The molecule has 32 heavy (non-hydrogen) atoms. The SMILES string of the molecule is O=C(Nc1ccc(-c2ncc3n2CCCC3)cc1)c1cccc(NC(=O)C2CCCO2)c1. The minimum absolute atomic E-state index is 0.170. The summed E-state index contributed by atoms with van der Waals surface area (Å²) in [6.07, 6.45) is 6.65. The predicted octanol–water partition coefficient (Wildman–Crippen LogP) is 4.26. The van der Waals surface area contributed by atoms with Crippen molar-refractivity contribution < 1.29 is 14.3 Å². The molecule has 1 fully saturated rings. The van der Waals surface area contributed by atoms with E-state index in [1.54, 1.807) is 24.3 Å². The Bertz CT molecular complexity index is 1130. The van der Waals surface area contributed by atoms with Crippen molar-refractivity contribution >= 4 is 23.2 Å². The van der Waals surface area contributed by atoms with E-state index in [1.165, 1.54) is 18.5 Å². The van der Waals surface area contributed by atoms with Crippen LogP contribution in [0.4, 0.5) is 11.4 Å². The van der Waals surface area contributed by atoms with Gasteiger partial charge in [-0.15, -0.1) is 0 Å². The summed E-state index contributed by atoms with van der Waals surface area (Å²) in [5.74, 6) is 0.577. The molecule has 2 N–H and O–H groups in total. The van der Waals surface area contributed by atoms with Crippen LogP contribution in [0.3, 0.4) is 0 Å². The van der Waals surface area contributed by atoms with Crippen LogP contribution in [0.25, 0.3) is 11.4 Å². The lowest BCUT2D eigenvalue weighted by Gasteiger charge is -2.16. The fourth-order valence-corrected chi connectivity index (χ4v) is 4.32. The van der Waals surface area contributed by atoms with Gasteiger partial charge >= 0.3 is 0 Å². The molecule has 1 atom stereocenters. The molecule has 3 aromatic rings. The smallest absolute Gasteiger partial charge is 0.255 e. The highest BCUT2D eigenvalue weighted by Crippen LogP contribution is 2.26. The number of fused-ring (bicyclic) bond motifs is 1. The monoisotopic (exact) mass is 430 g/mol. The molecule has 7 heteroatoms.